The highest BCUT2D eigenvalue weighted by Crippen LogP contribution is 2.47. The number of fused-ring (bicyclic) bond motifs is 6. The van der Waals surface area contributed by atoms with Crippen LogP contribution in [0.4, 0.5) is 0 Å². The van der Waals surface area contributed by atoms with E-state index in [2.05, 4.69) is 0 Å². The van der Waals surface area contributed by atoms with Crippen molar-refractivity contribution in [2.75, 3.05) is 0 Å². The van der Waals surface area contributed by atoms with Gasteiger partial charge in [-0.1, -0.05) is 47.7 Å². The number of ketones is 1. The highest BCUT2D eigenvalue weighted by atomic mass is 32.1. The van der Waals surface area contributed by atoms with Gasteiger partial charge < -0.3 is 4.74 Å². The summed E-state index contributed by atoms with van der Waals surface area (Å²) >= 11 is 1.32. The summed E-state index contributed by atoms with van der Waals surface area (Å²) < 4.78 is 10.4. The summed E-state index contributed by atoms with van der Waals surface area (Å²) in [7, 11) is 0. The number of rotatable bonds is 3. The Hall–Kier alpha value is -3.78. The average molecular weight is 485 g/mol. The van der Waals surface area contributed by atoms with Crippen LogP contribution in [0.2, 0.25) is 0 Å². The van der Waals surface area contributed by atoms with E-state index < -0.39 is 17.7 Å². The first-order chi connectivity index (χ1) is 16.8. The predicted molar refractivity (Wildman–Crippen MR) is 134 cm³/mol. The van der Waals surface area contributed by atoms with Gasteiger partial charge in [-0.2, -0.15) is 5.10 Å². The Morgan fingerprint density at radius 2 is 1.83 bits per heavy atom. The quantitative estimate of drug-likeness (QED) is 0.448. The van der Waals surface area contributed by atoms with Crippen LogP contribution < -0.4 is 19.6 Å². The molecule has 0 radical (unpaired) electrons. The SMILES string of the molecule is CC(=O)C1C2c3ccccc3OC1(C)N=c1s/c(=C/c3c(C)nn(-c4ccccc4)c3C)c(=O)n12. The molecule has 0 N–H and O–H groups in total. The maximum Gasteiger partial charge on any atom is 0.270 e. The van der Waals surface area contributed by atoms with Crippen molar-refractivity contribution in [3.8, 4) is 11.4 Å². The molecule has 2 aliphatic rings. The number of Topliss-reactive ketones (excluding diaryl/α,β-unsaturated/α-hetero) is 1. The lowest BCUT2D eigenvalue weighted by Gasteiger charge is -2.45. The van der Waals surface area contributed by atoms with Gasteiger partial charge in [0, 0.05) is 16.8 Å². The zero-order valence-corrected chi connectivity index (χ0v) is 20.7. The van der Waals surface area contributed by atoms with Crippen LogP contribution in [0.5, 0.6) is 5.75 Å². The molecule has 2 aliphatic heterocycles. The van der Waals surface area contributed by atoms with Crippen molar-refractivity contribution in [1.29, 1.82) is 0 Å². The fourth-order valence-corrected chi connectivity index (χ4v) is 6.45. The summed E-state index contributed by atoms with van der Waals surface area (Å²) in [5.74, 6) is 0.0153. The van der Waals surface area contributed by atoms with Crippen LogP contribution in [0.15, 0.2) is 64.4 Å². The van der Waals surface area contributed by atoms with Gasteiger partial charge in [-0.15, -0.1) is 0 Å². The zero-order chi connectivity index (χ0) is 24.5. The minimum absolute atomic E-state index is 0.0548. The number of nitrogens with zero attached hydrogens (tertiary/aromatic N) is 4. The van der Waals surface area contributed by atoms with Crippen molar-refractivity contribution in [2.45, 2.75) is 39.5 Å². The highest BCUT2D eigenvalue weighted by molar-refractivity contribution is 7.07. The first-order valence-corrected chi connectivity index (χ1v) is 12.3. The molecule has 4 aromatic rings. The molecule has 0 spiro atoms. The molecule has 7 nitrogen and oxygen atoms in total. The van der Waals surface area contributed by atoms with Crippen molar-refractivity contribution in [3.05, 3.63) is 96.8 Å². The van der Waals surface area contributed by atoms with Gasteiger partial charge in [0.25, 0.3) is 5.56 Å². The molecule has 6 rings (SSSR count). The third kappa shape index (κ3) is 3.16. The topological polar surface area (TPSA) is 78.5 Å². The predicted octanol–water partition coefficient (Wildman–Crippen LogP) is 3.08. The van der Waals surface area contributed by atoms with Gasteiger partial charge >= 0.3 is 0 Å². The summed E-state index contributed by atoms with van der Waals surface area (Å²) in [6, 6.07) is 17.0. The second-order valence-corrected chi connectivity index (χ2v) is 10.2. The van der Waals surface area contributed by atoms with Gasteiger partial charge in [0.15, 0.2) is 4.80 Å². The molecule has 0 amide bonds. The molecule has 2 aromatic carbocycles. The number of hydrogen-bond donors (Lipinski definition) is 0. The Balaban J connectivity index is 1.58. The first-order valence-electron chi connectivity index (χ1n) is 11.5. The van der Waals surface area contributed by atoms with E-state index in [4.69, 9.17) is 14.8 Å². The Kier molecular flexibility index (Phi) is 4.73. The van der Waals surface area contributed by atoms with E-state index in [1.807, 2.05) is 86.1 Å². The fraction of sp³-hybridized carbons (Fsp3) is 0.259. The van der Waals surface area contributed by atoms with Crippen molar-refractivity contribution >= 4 is 23.2 Å². The first kappa shape index (κ1) is 21.7. The molecule has 0 aliphatic carbocycles. The molecule has 8 heteroatoms. The van der Waals surface area contributed by atoms with Crippen LogP contribution in [0.25, 0.3) is 11.8 Å². The van der Waals surface area contributed by atoms with Crippen LogP contribution in [0.3, 0.4) is 0 Å². The number of aromatic nitrogens is 3. The second kappa shape index (κ2) is 7.61. The Bertz CT molecular complexity index is 1680. The number of carbonyl (C=O) groups is 1. The van der Waals surface area contributed by atoms with Gasteiger partial charge in [0.1, 0.15) is 17.5 Å². The van der Waals surface area contributed by atoms with Crippen LogP contribution >= 0.6 is 11.3 Å². The molecular weight excluding hydrogens is 460 g/mol. The van der Waals surface area contributed by atoms with Crippen LogP contribution in [0, 0.1) is 19.8 Å². The minimum atomic E-state index is -1.07. The summed E-state index contributed by atoms with van der Waals surface area (Å²) in [5.41, 5.74) is 3.25. The summed E-state index contributed by atoms with van der Waals surface area (Å²) in [4.78, 5) is 32.0. The van der Waals surface area contributed by atoms with Gasteiger partial charge in [0.05, 0.1) is 22.0 Å². The molecule has 0 saturated heterocycles. The molecule has 0 fully saturated rings. The largest absolute Gasteiger partial charge is 0.465 e. The summed E-state index contributed by atoms with van der Waals surface area (Å²) in [6.45, 7) is 7.32. The Morgan fingerprint density at radius 3 is 2.57 bits per heavy atom. The maximum absolute atomic E-state index is 13.8. The van der Waals surface area contributed by atoms with E-state index in [9.17, 15) is 9.59 Å². The van der Waals surface area contributed by atoms with Gasteiger partial charge in [0.2, 0.25) is 5.72 Å². The molecule has 3 atom stereocenters. The van der Waals surface area contributed by atoms with E-state index >= 15 is 0 Å². The van der Waals surface area contributed by atoms with E-state index in [0.717, 1.165) is 28.2 Å². The highest BCUT2D eigenvalue weighted by Gasteiger charge is 2.53. The molecule has 2 aromatic heterocycles. The van der Waals surface area contributed by atoms with Crippen molar-refractivity contribution in [1.82, 2.24) is 14.3 Å². The summed E-state index contributed by atoms with van der Waals surface area (Å²) in [5, 5.41) is 4.71. The number of para-hydroxylation sites is 2. The van der Waals surface area contributed by atoms with Gasteiger partial charge in [-0.3, -0.25) is 14.2 Å². The molecular formula is C27H24N4O3S. The average Bonchev–Trinajstić information content (AvgIpc) is 3.28. The lowest BCUT2D eigenvalue weighted by atomic mass is 9.79. The van der Waals surface area contributed by atoms with Crippen LogP contribution in [0.1, 0.15) is 42.4 Å². The number of aryl methyl sites for hydroxylation is 1. The third-order valence-corrected chi connectivity index (χ3v) is 7.92. The third-order valence-electron chi connectivity index (χ3n) is 6.94. The van der Waals surface area contributed by atoms with E-state index in [1.54, 1.807) is 11.5 Å². The molecule has 0 saturated carbocycles. The van der Waals surface area contributed by atoms with Gasteiger partial charge in [-0.05, 0) is 52.0 Å². The fourth-order valence-electron chi connectivity index (χ4n) is 5.37. The van der Waals surface area contributed by atoms with Crippen molar-refractivity contribution < 1.29 is 9.53 Å². The molecule has 176 valence electrons. The van der Waals surface area contributed by atoms with E-state index in [1.165, 1.54) is 11.3 Å². The van der Waals surface area contributed by atoms with Crippen LogP contribution in [-0.2, 0) is 4.79 Å². The molecule has 4 heterocycles. The number of thiazole rings is 1. The van der Waals surface area contributed by atoms with E-state index in [0.29, 0.717) is 15.1 Å². The maximum atomic E-state index is 13.8. The number of benzene rings is 2. The molecule has 35 heavy (non-hydrogen) atoms. The van der Waals surface area contributed by atoms with Crippen LogP contribution in [-0.4, -0.2) is 25.9 Å². The van der Waals surface area contributed by atoms with E-state index in [-0.39, 0.29) is 11.3 Å². The number of carbonyl (C=O) groups excluding carboxylic acids is 1. The van der Waals surface area contributed by atoms with Crippen molar-refractivity contribution in [2.24, 2.45) is 10.9 Å². The number of ether oxygens (including phenoxy) is 1. The normalized spacial score (nSPS) is 22.7. The molecule has 3 unspecified atom stereocenters. The van der Waals surface area contributed by atoms with Gasteiger partial charge in [-0.25, -0.2) is 9.67 Å². The lowest BCUT2D eigenvalue weighted by molar-refractivity contribution is -0.132. The standard InChI is InChI=1S/C27H24N4O3S/c1-15-20(16(2)31(29-15)18-10-6-5-7-11-18)14-22-25(33)30-24-19-12-8-9-13-21(19)34-27(4,23(24)17(3)32)28-26(30)35-22/h5-14,23-24H,1-4H3/b22-14+. The number of hydrogen-bond acceptors (Lipinski definition) is 6. The minimum Gasteiger partial charge on any atom is -0.465 e. The smallest absolute Gasteiger partial charge is 0.270 e. The monoisotopic (exact) mass is 484 g/mol. The Morgan fingerprint density at radius 1 is 1.11 bits per heavy atom. The lowest BCUT2D eigenvalue weighted by Crippen LogP contribution is -2.58. The van der Waals surface area contributed by atoms with Crippen molar-refractivity contribution in [3.63, 3.8) is 0 Å². The second-order valence-electron chi connectivity index (χ2n) is 9.24. The molecule has 2 bridgehead atoms. The Labute approximate surface area is 205 Å². The summed E-state index contributed by atoms with van der Waals surface area (Å²) in [6.07, 6.45) is 1.90. The zero-order valence-electron chi connectivity index (χ0n) is 19.9.